The molecule has 0 aliphatic carbocycles. The summed E-state index contributed by atoms with van der Waals surface area (Å²) < 4.78 is 4.89. The molecule has 1 heterocycles. The Bertz CT molecular complexity index is 256. The van der Waals surface area contributed by atoms with Gasteiger partial charge in [0.1, 0.15) is 0 Å². The molecule has 92 valence electrons. The summed E-state index contributed by atoms with van der Waals surface area (Å²) in [6.45, 7) is 3.17. The number of likely N-dealkylation sites (N-methyl/N-ethyl adjacent to an activating group) is 1. The van der Waals surface area contributed by atoms with Gasteiger partial charge in [0.05, 0.1) is 19.2 Å². The standard InChI is InChI=1S/C11H20N2O3/c1-3-16-10(14)8-13-7-5-4-6-9(13)11(15)12-2/h9H,3-8H2,1-2H3,(H,12,15). The number of hydrogen-bond acceptors (Lipinski definition) is 4. The number of carbonyl (C=O) groups is 2. The maximum atomic E-state index is 11.6. The number of nitrogens with one attached hydrogen (secondary N) is 1. The number of nitrogens with zero attached hydrogens (tertiary/aromatic N) is 1. The molecule has 0 aromatic heterocycles. The summed E-state index contributed by atoms with van der Waals surface area (Å²) >= 11 is 0. The summed E-state index contributed by atoms with van der Waals surface area (Å²) in [6.07, 6.45) is 2.89. The van der Waals surface area contributed by atoms with Crippen molar-refractivity contribution in [1.29, 1.82) is 0 Å². The lowest BCUT2D eigenvalue weighted by Gasteiger charge is -2.33. The normalized spacial score (nSPS) is 21.5. The first-order valence-corrected chi connectivity index (χ1v) is 5.80. The maximum Gasteiger partial charge on any atom is 0.320 e. The second-order valence-electron chi connectivity index (χ2n) is 3.90. The highest BCUT2D eigenvalue weighted by molar-refractivity contribution is 5.82. The van der Waals surface area contributed by atoms with Crippen LogP contribution in [0.4, 0.5) is 0 Å². The van der Waals surface area contributed by atoms with Gasteiger partial charge in [0, 0.05) is 7.05 Å². The number of likely N-dealkylation sites (tertiary alicyclic amines) is 1. The van der Waals surface area contributed by atoms with Crippen LogP contribution in [0.2, 0.25) is 0 Å². The predicted molar refractivity (Wildman–Crippen MR) is 59.9 cm³/mol. The average Bonchev–Trinajstić information content (AvgIpc) is 2.29. The molecule has 1 N–H and O–H groups in total. The molecule has 1 fully saturated rings. The second-order valence-corrected chi connectivity index (χ2v) is 3.90. The molecule has 1 amide bonds. The lowest BCUT2D eigenvalue weighted by Crippen LogP contribution is -2.50. The maximum absolute atomic E-state index is 11.6. The van der Waals surface area contributed by atoms with E-state index in [0.717, 1.165) is 25.8 Å². The average molecular weight is 228 g/mol. The molecule has 16 heavy (non-hydrogen) atoms. The molecule has 0 saturated carbocycles. The third kappa shape index (κ3) is 3.48. The summed E-state index contributed by atoms with van der Waals surface area (Å²) in [5, 5.41) is 2.64. The van der Waals surface area contributed by atoms with Crippen LogP contribution in [0.15, 0.2) is 0 Å². The summed E-state index contributed by atoms with van der Waals surface area (Å²) in [6, 6.07) is -0.178. The minimum atomic E-state index is -0.252. The molecule has 5 nitrogen and oxygen atoms in total. The van der Waals surface area contributed by atoms with Crippen molar-refractivity contribution in [2.24, 2.45) is 0 Å². The number of hydrogen-bond donors (Lipinski definition) is 1. The van der Waals surface area contributed by atoms with Gasteiger partial charge in [-0.2, -0.15) is 0 Å². The van der Waals surface area contributed by atoms with Gasteiger partial charge in [-0.15, -0.1) is 0 Å². The molecule has 1 atom stereocenters. The van der Waals surface area contributed by atoms with Gasteiger partial charge in [0.2, 0.25) is 5.91 Å². The van der Waals surface area contributed by atoms with Gasteiger partial charge in [-0.05, 0) is 26.3 Å². The number of carbonyl (C=O) groups excluding carboxylic acids is 2. The molecule has 1 rings (SSSR count). The molecule has 1 saturated heterocycles. The predicted octanol–water partition coefficient (Wildman–Crippen LogP) is 0.150. The Balaban J connectivity index is 2.53. The number of ether oxygens (including phenoxy) is 1. The molecule has 0 spiro atoms. The van der Waals surface area contributed by atoms with E-state index in [2.05, 4.69) is 5.32 Å². The third-order valence-corrected chi connectivity index (χ3v) is 2.80. The Morgan fingerprint density at radius 3 is 2.81 bits per heavy atom. The molecule has 1 aliphatic rings. The molecular formula is C11H20N2O3. The first kappa shape index (κ1) is 13.0. The highest BCUT2D eigenvalue weighted by Crippen LogP contribution is 2.16. The fraction of sp³-hybridized carbons (Fsp3) is 0.818. The molecule has 0 aromatic rings. The number of amides is 1. The zero-order valence-electron chi connectivity index (χ0n) is 9.99. The quantitative estimate of drug-likeness (QED) is 0.696. The van der Waals surface area contributed by atoms with E-state index in [1.54, 1.807) is 14.0 Å². The van der Waals surface area contributed by atoms with Crippen LogP contribution in [0.3, 0.4) is 0 Å². The molecular weight excluding hydrogens is 208 g/mol. The van der Waals surface area contributed by atoms with Crippen LogP contribution in [-0.4, -0.2) is 49.6 Å². The highest BCUT2D eigenvalue weighted by atomic mass is 16.5. The van der Waals surface area contributed by atoms with Crippen LogP contribution in [-0.2, 0) is 14.3 Å². The van der Waals surface area contributed by atoms with E-state index in [9.17, 15) is 9.59 Å². The van der Waals surface area contributed by atoms with Gasteiger partial charge in [-0.1, -0.05) is 6.42 Å². The Labute approximate surface area is 96.1 Å². The minimum absolute atomic E-state index is 0.0102. The number of rotatable bonds is 4. The van der Waals surface area contributed by atoms with E-state index in [1.807, 2.05) is 4.90 Å². The summed E-state index contributed by atoms with van der Waals surface area (Å²) in [4.78, 5) is 24.9. The van der Waals surface area contributed by atoms with E-state index >= 15 is 0 Å². The zero-order valence-corrected chi connectivity index (χ0v) is 9.99. The largest absolute Gasteiger partial charge is 0.465 e. The van der Waals surface area contributed by atoms with Crippen LogP contribution < -0.4 is 5.32 Å². The topological polar surface area (TPSA) is 58.6 Å². The SMILES string of the molecule is CCOC(=O)CN1CCCCC1C(=O)NC. The van der Waals surface area contributed by atoms with Crippen LogP contribution >= 0.6 is 0 Å². The van der Waals surface area contributed by atoms with Gasteiger partial charge >= 0.3 is 5.97 Å². The van der Waals surface area contributed by atoms with Crippen LogP contribution in [0.5, 0.6) is 0 Å². The first-order chi connectivity index (χ1) is 7.69. The van der Waals surface area contributed by atoms with Crippen LogP contribution in [0, 0.1) is 0 Å². The van der Waals surface area contributed by atoms with Crippen molar-refractivity contribution in [2.45, 2.75) is 32.2 Å². The van der Waals surface area contributed by atoms with Crippen LogP contribution in [0.25, 0.3) is 0 Å². The fourth-order valence-electron chi connectivity index (χ4n) is 2.02. The van der Waals surface area contributed by atoms with Crippen molar-refractivity contribution in [1.82, 2.24) is 10.2 Å². The Hall–Kier alpha value is -1.10. The van der Waals surface area contributed by atoms with Crippen molar-refractivity contribution < 1.29 is 14.3 Å². The second kappa shape index (κ2) is 6.48. The smallest absolute Gasteiger partial charge is 0.320 e. The molecule has 1 aliphatic heterocycles. The fourth-order valence-corrected chi connectivity index (χ4v) is 2.02. The van der Waals surface area contributed by atoms with Crippen molar-refractivity contribution >= 4 is 11.9 Å². The molecule has 0 radical (unpaired) electrons. The monoisotopic (exact) mass is 228 g/mol. The number of piperidine rings is 1. The lowest BCUT2D eigenvalue weighted by molar-refractivity contribution is -0.146. The van der Waals surface area contributed by atoms with E-state index in [0.29, 0.717) is 6.61 Å². The molecule has 5 heteroatoms. The van der Waals surface area contributed by atoms with E-state index in [1.165, 1.54) is 0 Å². The molecule has 0 bridgehead atoms. The van der Waals surface area contributed by atoms with E-state index < -0.39 is 0 Å². The van der Waals surface area contributed by atoms with Gasteiger partial charge in [0.15, 0.2) is 0 Å². The minimum Gasteiger partial charge on any atom is -0.465 e. The van der Waals surface area contributed by atoms with Gasteiger partial charge in [-0.3, -0.25) is 14.5 Å². The van der Waals surface area contributed by atoms with E-state index in [4.69, 9.17) is 4.74 Å². The van der Waals surface area contributed by atoms with Gasteiger partial charge in [-0.25, -0.2) is 0 Å². The molecule has 1 unspecified atom stereocenters. The number of esters is 1. The lowest BCUT2D eigenvalue weighted by atomic mass is 10.0. The Morgan fingerprint density at radius 1 is 1.44 bits per heavy atom. The van der Waals surface area contributed by atoms with E-state index in [-0.39, 0.29) is 24.5 Å². The van der Waals surface area contributed by atoms with Gasteiger partial charge in [0.25, 0.3) is 0 Å². The first-order valence-electron chi connectivity index (χ1n) is 5.80. The summed E-state index contributed by atoms with van der Waals surface area (Å²) in [7, 11) is 1.62. The third-order valence-electron chi connectivity index (χ3n) is 2.80. The van der Waals surface area contributed by atoms with Gasteiger partial charge < -0.3 is 10.1 Å². The van der Waals surface area contributed by atoms with Crippen molar-refractivity contribution in [3.63, 3.8) is 0 Å². The van der Waals surface area contributed by atoms with Crippen LogP contribution in [0.1, 0.15) is 26.2 Å². The van der Waals surface area contributed by atoms with Crippen molar-refractivity contribution in [3.05, 3.63) is 0 Å². The summed E-state index contributed by atoms with van der Waals surface area (Å²) in [5.74, 6) is -0.262. The Morgan fingerprint density at radius 2 is 2.19 bits per heavy atom. The highest BCUT2D eigenvalue weighted by Gasteiger charge is 2.29. The summed E-state index contributed by atoms with van der Waals surface area (Å²) in [5.41, 5.74) is 0. The van der Waals surface area contributed by atoms with Crippen molar-refractivity contribution in [2.75, 3.05) is 26.7 Å². The van der Waals surface area contributed by atoms with Crippen molar-refractivity contribution in [3.8, 4) is 0 Å². The Kier molecular flexibility index (Phi) is 5.25. The molecule has 0 aromatic carbocycles. The zero-order chi connectivity index (χ0) is 12.0.